The fourth-order valence-electron chi connectivity index (χ4n) is 1.18. The van der Waals surface area contributed by atoms with Crippen molar-refractivity contribution >= 4 is 33.9 Å². The topological polar surface area (TPSA) is 81.7 Å². The Morgan fingerprint density at radius 3 is 2.65 bits per heavy atom. The summed E-state index contributed by atoms with van der Waals surface area (Å²) in [5.41, 5.74) is -0.316. The number of nitrogens with one attached hydrogen (secondary N) is 1. The van der Waals surface area contributed by atoms with Crippen LogP contribution in [0.2, 0.25) is 0 Å². The van der Waals surface area contributed by atoms with Crippen LogP contribution in [0.3, 0.4) is 0 Å². The molecule has 2 amide bonds. The molecule has 6 nitrogen and oxygen atoms in total. The second kappa shape index (κ2) is 7.59. The highest BCUT2D eigenvalue weighted by Gasteiger charge is 2.16. The zero-order chi connectivity index (χ0) is 15.1. The van der Waals surface area contributed by atoms with Crippen molar-refractivity contribution in [2.24, 2.45) is 0 Å². The molecule has 0 heterocycles. The summed E-state index contributed by atoms with van der Waals surface area (Å²) in [4.78, 5) is 33.7. The van der Waals surface area contributed by atoms with E-state index in [1.165, 1.54) is 12.1 Å². The SMILES string of the molecule is CCOC(=O)NC(=O)COC(=O)c1cc(Br)ccc1F. The molecule has 0 radical (unpaired) electrons. The number of alkyl carbamates (subject to hydrolysis) is 1. The third-order valence-electron chi connectivity index (χ3n) is 2.00. The first-order chi connectivity index (χ1) is 9.43. The molecule has 0 atom stereocenters. The number of ether oxygens (including phenoxy) is 2. The van der Waals surface area contributed by atoms with Crippen LogP contribution < -0.4 is 5.32 Å². The number of imide groups is 1. The Bertz CT molecular complexity index is 535. The lowest BCUT2D eigenvalue weighted by Gasteiger charge is -2.06. The number of hydrogen-bond acceptors (Lipinski definition) is 5. The summed E-state index contributed by atoms with van der Waals surface area (Å²) < 4.78 is 22.9. The van der Waals surface area contributed by atoms with Gasteiger partial charge in [-0.15, -0.1) is 0 Å². The maximum absolute atomic E-state index is 13.4. The fraction of sp³-hybridized carbons (Fsp3) is 0.250. The van der Waals surface area contributed by atoms with E-state index < -0.39 is 30.4 Å². The van der Waals surface area contributed by atoms with Crippen molar-refractivity contribution in [1.29, 1.82) is 0 Å². The number of halogens is 2. The van der Waals surface area contributed by atoms with E-state index in [9.17, 15) is 18.8 Å². The molecule has 1 aromatic carbocycles. The number of rotatable bonds is 4. The largest absolute Gasteiger partial charge is 0.452 e. The van der Waals surface area contributed by atoms with Crippen LogP contribution in [0.15, 0.2) is 22.7 Å². The van der Waals surface area contributed by atoms with Crippen molar-refractivity contribution in [3.05, 3.63) is 34.1 Å². The normalized spacial score (nSPS) is 9.75. The first-order valence-electron chi connectivity index (χ1n) is 5.52. The van der Waals surface area contributed by atoms with Crippen LogP contribution in [0, 0.1) is 5.82 Å². The second-order valence-electron chi connectivity index (χ2n) is 3.47. The van der Waals surface area contributed by atoms with Gasteiger partial charge in [-0.3, -0.25) is 10.1 Å². The Hall–Kier alpha value is -1.96. The van der Waals surface area contributed by atoms with Crippen molar-refractivity contribution in [2.75, 3.05) is 13.2 Å². The van der Waals surface area contributed by atoms with E-state index in [-0.39, 0.29) is 12.2 Å². The molecule has 0 aliphatic carbocycles. The molecule has 1 N–H and O–H groups in total. The van der Waals surface area contributed by atoms with Gasteiger partial charge in [0.1, 0.15) is 5.82 Å². The van der Waals surface area contributed by atoms with Crippen molar-refractivity contribution in [1.82, 2.24) is 5.32 Å². The molecule has 20 heavy (non-hydrogen) atoms. The lowest BCUT2D eigenvalue weighted by Crippen LogP contribution is -2.34. The van der Waals surface area contributed by atoms with Crippen LogP contribution >= 0.6 is 15.9 Å². The predicted molar refractivity (Wildman–Crippen MR) is 69.5 cm³/mol. The van der Waals surface area contributed by atoms with Gasteiger partial charge in [0.25, 0.3) is 5.91 Å². The highest BCUT2D eigenvalue weighted by molar-refractivity contribution is 9.10. The minimum absolute atomic E-state index is 0.0994. The van der Waals surface area contributed by atoms with Gasteiger partial charge in [-0.05, 0) is 25.1 Å². The third kappa shape index (κ3) is 4.96. The monoisotopic (exact) mass is 347 g/mol. The maximum atomic E-state index is 13.4. The summed E-state index contributed by atoms with van der Waals surface area (Å²) in [6.45, 7) is 0.950. The summed E-state index contributed by atoms with van der Waals surface area (Å²) in [5, 5.41) is 1.83. The minimum atomic E-state index is -1.01. The quantitative estimate of drug-likeness (QED) is 0.842. The van der Waals surface area contributed by atoms with Gasteiger partial charge in [-0.2, -0.15) is 0 Å². The minimum Gasteiger partial charge on any atom is -0.452 e. The van der Waals surface area contributed by atoms with Crippen LogP contribution in [0.25, 0.3) is 0 Å². The maximum Gasteiger partial charge on any atom is 0.413 e. The molecule has 108 valence electrons. The lowest BCUT2D eigenvalue weighted by molar-refractivity contribution is -0.123. The van der Waals surface area contributed by atoms with E-state index in [1.807, 2.05) is 5.32 Å². The molecule has 0 aliphatic heterocycles. The van der Waals surface area contributed by atoms with Crippen LogP contribution in [-0.2, 0) is 14.3 Å². The molecule has 1 aromatic rings. The number of carbonyl (C=O) groups excluding carboxylic acids is 3. The van der Waals surface area contributed by atoms with Gasteiger partial charge in [0.2, 0.25) is 0 Å². The van der Waals surface area contributed by atoms with Gasteiger partial charge in [0.05, 0.1) is 12.2 Å². The Morgan fingerprint density at radius 1 is 1.30 bits per heavy atom. The van der Waals surface area contributed by atoms with E-state index in [0.29, 0.717) is 4.47 Å². The van der Waals surface area contributed by atoms with Crippen molar-refractivity contribution in [3.8, 4) is 0 Å². The summed E-state index contributed by atoms with van der Waals surface area (Å²) >= 11 is 3.08. The van der Waals surface area contributed by atoms with Gasteiger partial charge in [0, 0.05) is 4.47 Å². The molecule has 1 rings (SSSR count). The molecule has 0 fully saturated rings. The number of carbonyl (C=O) groups is 3. The summed E-state index contributed by atoms with van der Waals surface area (Å²) in [6.07, 6.45) is -0.942. The number of hydrogen-bond donors (Lipinski definition) is 1. The molecule has 0 saturated carbocycles. The lowest BCUT2D eigenvalue weighted by atomic mass is 10.2. The second-order valence-corrected chi connectivity index (χ2v) is 4.38. The summed E-state index contributed by atoms with van der Waals surface area (Å²) in [6, 6.07) is 3.72. The van der Waals surface area contributed by atoms with E-state index in [4.69, 9.17) is 0 Å². The van der Waals surface area contributed by atoms with Gasteiger partial charge in [-0.1, -0.05) is 15.9 Å². The van der Waals surface area contributed by atoms with E-state index >= 15 is 0 Å². The number of benzene rings is 1. The molecule has 0 saturated heterocycles. The number of amides is 2. The Balaban J connectivity index is 2.53. The average molecular weight is 348 g/mol. The molecular weight excluding hydrogens is 337 g/mol. The molecular formula is C12H11BrFNO5. The van der Waals surface area contributed by atoms with E-state index in [1.54, 1.807) is 6.92 Å². The highest BCUT2D eigenvalue weighted by Crippen LogP contribution is 2.16. The van der Waals surface area contributed by atoms with E-state index in [0.717, 1.165) is 6.07 Å². The zero-order valence-electron chi connectivity index (χ0n) is 10.4. The zero-order valence-corrected chi connectivity index (χ0v) is 12.0. The molecule has 0 unspecified atom stereocenters. The number of esters is 1. The van der Waals surface area contributed by atoms with Gasteiger partial charge in [-0.25, -0.2) is 14.0 Å². The molecule has 0 spiro atoms. The molecule has 0 aliphatic rings. The average Bonchev–Trinajstić information content (AvgIpc) is 2.39. The van der Waals surface area contributed by atoms with E-state index in [2.05, 4.69) is 25.4 Å². The predicted octanol–water partition coefficient (Wildman–Crippen LogP) is 2.02. The van der Waals surface area contributed by atoms with Gasteiger partial charge >= 0.3 is 12.1 Å². The summed E-state index contributed by atoms with van der Waals surface area (Å²) in [5.74, 6) is -2.65. The molecule has 0 aromatic heterocycles. The molecule has 8 heteroatoms. The van der Waals surface area contributed by atoms with Crippen LogP contribution in [0.1, 0.15) is 17.3 Å². The Morgan fingerprint density at radius 2 is 2.00 bits per heavy atom. The van der Waals surface area contributed by atoms with Crippen LogP contribution in [0.5, 0.6) is 0 Å². The van der Waals surface area contributed by atoms with Crippen molar-refractivity contribution in [2.45, 2.75) is 6.92 Å². The van der Waals surface area contributed by atoms with Crippen LogP contribution in [0.4, 0.5) is 9.18 Å². The summed E-state index contributed by atoms with van der Waals surface area (Å²) in [7, 11) is 0. The fourth-order valence-corrected chi connectivity index (χ4v) is 1.54. The third-order valence-corrected chi connectivity index (χ3v) is 2.49. The Labute approximate surface area is 122 Å². The first kappa shape index (κ1) is 16.1. The van der Waals surface area contributed by atoms with Crippen molar-refractivity contribution in [3.63, 3.8) is 0 Å². The van der Waals surface area contributed by atoms with Crippen LogP contribution in [-0.4, -0.2) is 31.2 Å². The van der Waals surface area contributed by atoms with Crippen molar-refractivity contribution < 1.29 is 28.2 Å². The Kier molecular flexibility index (Phi) is 6.10. The standard InChI is InChI=1S/C12H11BrFNO5/c1-2-19-12(18)15-10(16)6-20-11(17)8-5-7(13)3-4-9(8)14/h3-5H,2,6H2,1H3,(H,15,16,18). The van der Waals surface area contributed by atoms with Gasteiger partial charge < -0.3 is 9.47 Å². The smallest absolute Gasteiger partial charge is 0.413 e. The highest BCUT2D eigenvalue weighted by atomic mass is 79.9. The first-order valence-corrected chi connectivity index (χ1v) is 6.32. The van der Waals surface area contributed by atoms with Gasteiger partial charge in [0.15, 0.2) is 6.61 Å². The molecule has 0 bridgehead atoms.